The average Bonchev–Trinajstić information content (AvgIpc) is 2.50. The van der Waals surface area contributed by atoms with Crippen LogP contribution in [-0.4, -0.2) is 29.1 Å². The van der Waals surface area contributed by atoms with Crippen molar-refractivity contribution in [1.29, 1.82) is 0 Å². The van der Waals surface area contributed by atoms with Crippen molar-refractivity contribution >= 4 is 23.6 Å². The fourth-order valence-electron chi connectivity index (χ4n) is 2.35. The van der Waals surface area contributed by atoms with Crippen molar-refractivity contribution in [3.63, 3.8) is 0 Å². The van der Waals surface area contributed by atoms with Crippen molar-refractivity contribution in [1.82, 2.24) is 0 Å². The Morgan fingerprint density at radius 1 is 0.783 bits per heavy atom. The van der Waals surface area contributed by atoms with Crippen LogP contribution in [0.2, 0.25) is 0 Å². The van der Waals surface area contributed by atoms with Gasteiger partial charge in [0.15, 0.2) is 0 Å². The first-order valence-electron chi connectivity index (χ1n) is 7.04. The predicted molar refractivity (Wildman–Crippen MR) is 88.2 cm³/mol. The van der Waals surface area contributed by atoms with Gasteiger partial charge in [0.05, 0.1) is 11.4 Å². The van der Waals surface area contributed by atoms with Crippen molar-refractivity contribution in [3.8, 4) is 0 Å². The molecule has 2 amide bonds. The van der Waals surface area contributed by atoms with E-state index in [0.29, 0.717) is 11.4 Å². The van der Waals surface area contributed by atoms with Crippen LogP contribution in [0.3, 0.4) is 0 Å². The van der Waals surface area contributed by atoms with E-state index in [2.05, 4.69) is 0 Å². The summed E-state index contributed by atoms with van der Waals surface area (Å²) in [6.07, 6.45) is -2.42. The van der Waals surface area contributed by atoms with Crippen LogP contribution < -0.4 is 9.80 Å². The summed E-state index contributed by atoms with van der Waals surface area (Å²) in [5, 5.41) is 19.0. The first-order chi connectivity index (χ1) is 10.9. The molecule has 0 unspecified atom stereocenters. The van der Waals surface area contributed by atoms with Gasteiger partial charge < -0.3 is 10.2 Å². The molecule has 0 radical (unpaired) electrons. The van der Waals surface area contributed by atoms with Gasteiger partial charge in [0.1, 0.15) is 6.67 Å². The average molecular weight is 314 g/mol. The maximum Gasteiger partial charge on any atom is 0.413 e. The Balaban J connectivity index is 2.41. The maximum atomic E-state index is 11.6. The van der Waals surface area contributed by atoms with Gasteiger partial charge in [-0.05, 0) is 37.1 Å². The fourth-order valence-corrected chi connectivity index (χ4v) is 2.35. The Bertz CT molecular complexity index is 669. The van der Waals surface area contributed by atoms with Crippen LogP contribution in [0.15, 0.2) is 48.5 Å². The molecule has 120 valence electrons. The van der Waals surface area contributed by atoms with Gasteiger partial charge in [0, 0.05) is 0 Å². The number of amides is 2. The van der Waals surface area contributed by atoms with Crippen molar-refractivity contribution < 1.29 is 19.8 Å². The molecule has 2 aromatic rings. The zero-order valence-corrected chi connectivity index (χ0v) is 12.9. The SMILES string of the molecule is Cc1ccccc1N(CN(C(=O)O)c1ccccc1C)C(=O)O. The molecule has 0 heterocycles. The molecule has 0 aliphatic rings. The van der Waals surface area contributed by atoms with Crippen LogP contribution in [0.1, 0.15) is 11.1 Å². The van der Waals surface area contributed by atoms with Gasteiger partial charge in [-0.25, -0.2) is 9.59 Å². The smallest absolute Gasteiger partial charge is 0.413 e. The molecule has 0 atom stereocenters. The van der Waals surface area contributed by atoms with Crippen LogP contribution in [0, 0.1) is 13.8 Å². The zero-order valence-electron chi connectivity index (χ0n) is 12.9. The summed E-state index contributed by atoms with van der Waals surface area (Å²) in [5.74, 6) is 0. The lowest BCUT2D eigenvalue weighted by Gasteiger charge is -2.28. The molecule has 0 saturated heterocycles. The number of benzene rings is 2. The second-order valence-corrected chi connectivity index (χ2v) is 5.14. The Labute approximate surface area is 134 Å². The lowest BCUT2D eigenvalue weighted by molar-refractivity contribution is 0.197. The minimum absolute atomic E-state index is 0.305. The second kappa shape index (κ2) is 6.83. The second-order valence-electron chi connectivity index (χ2n) is 5.14. The molecular formula is C17H18N2O4. The summed E-state index contributed by atoms with van der Waals surface area (Å²) < 4.78 is 0. The molecule has 0 saturated carbocycles. The topological polar surface area (TPSA) is 81.1 Å². The Morgan fingerprint density at radius 2 is 1.13 bits per heavy atom. The summed E-state index contributed by atoms with van der Waals surface area (Å²) in [4.78, 5) is 25.3. The highest BCUT2D eigenvalue weighted by molar-refractivity contribution is 5.92. The highest BCUT2D eigenvalue weighted by Crippen LogP contribution is 2.24. The van der Waals surface area contributed by atoms with E-state index in [1.54, 1.807) is 62.4 Å². The first kappa shape index (κ1) is 16.4. The number of carbonyl (C=O) groups is 2. The van der Waals surface area contributed by atoms with E-state index >= 15 is 0 Å². The number of carboxylic acid groups (broad SMARTS) is 2. The molecule has 6 heteroatoms. The van der Waals surface area contributed by atoms with E-state index in [4.69, 9.17) is 0 Å². The molecular weight excluding hydrogens is 296 g/mol. The minimum Gasteiger partial charge on any atom is -0.465 e. The number of rotatable bonds is 4. The third-order valence-corrected chi connectivity index (χ3v) is 3.56. The highest BCUT2D eigenvalue weighted by Gasteiger charge is 2.24. The van der Waals surface area contributed by atoms with Gasteiger partial charge in [-0.2, -0.15) is 0 Å². The van der Waals surface area contributed by atoms with Crippen molar-refractivity contribution in [3.05, 3.63) is 59.7 Å². The maximum absolute atomic E-state index is 11.6. The van der Waals surface area contributed by atoms with E-state index in [0.717, 1.165) is 20.9 Å². The largest absolute Gasteiger partial charge is 0.465 e. The normalized spacial score (nSPS) is 10.2. The van der Waals surface area contributed by atoms with Gasteiger partial charge in [0.25, 0.3) is 0 Å². The van der Waals surface area contributed by atoms with E-state index in [1.165, 1.54) is 0 Å². The molecule has 2 N–H and O–H groups in total. The van der Waals surface area contributed by atoms with Crippen molar-refractivity contribution in [2.45, 2.75) is 13.8 Å². The molecule has 0 aliphatic carbocycles. The summed E-state index contributed by atoms with van der Waals surface area (Å²) in [5.41, 5.74) is 2.43. The molecule has 0 spiro atoms. The van der Waals surface area contributed by atoms with E-state index in [1.807, 2.05) is 0 Å². The van der Waals surface area contributed by atoms with Crippen LogP contribution in [0.25, 0.3) is 0 Å². The molecule has 0 bridgehead atoms. The third-order valence-electron chi connectivity index (χ3n) is 3.56. The predicted octanol–water partition coefficient (Wildman–Crippen LogP) is 3.93. The Morgan fingerprint density at radius 3 is 1.43 bits per heavy atom. The van der Waals surface area contributed by atoms with Crippen molar-refractivity contribution in [2.75, 3.05) is 16.5 Å². The highest BCUT2D eigenvalue weighted by atomic mass is 16.4. The van der Waals surface area contributed by atoms with Crippen LogP contribution in [-0.2, 0) is 0 Å². The van der Waals surface area contributed by atoms with Gasteiger partial charge in [-0.3, -0.25) is 9.80 Å². The standard InChI is InChI=1S/C17H18N2O4/c1-12-7-3-5-9-14(12)18(16(20)21)11-19(17(22)23)15-10-6-4-8-13(15)2/h3-10H,11H2,1-2H3,(H,20,21)(H,22,23). The molecule has 0 fully saturated rings. The number of anilines is 2. The zero-order chi connectivity index (χ0) is 17.0. The van der Waals surface area contributed by atoms with E-state index < -0.39 is 12.2 Å². The monoisotopic (exact) mass is 314 g/mol. The quantitative estimate of drug-likeness (QED) is 0.838. The number of aryl methyl sites for hydroxylation is 2. The molecule has 2 aromatic carbocycles. The number of hydrogen-bond acceptors (Lipinski definition) is 2. The number of para-hydroxylation sites is 2. The molecule has 6 nitrogen and oxygen atoms in total. The van der Waals surface area contributed by atoms with E-state index in [-0.39, 0.29) is 6.67 Å². The van der Waals surface area contributed by atoms with Crippen LogP contribution >= 0.6 is 0 Å². The Kier molecular flexibility index (Phi) is 4.85. The van der Waals surface area contributed by atoms with Crippen LogP contribution in [0.5, 0.6) is 0 Å². The number of nitrogens with zero attached hydrogens (tertiary/aromatic N) is 2. The van der Waals surface area contributed by atoms with Crippen LogP contribution in [0.4, 0.5) is 21.0 Å². The molecule has 23 heavy (non-hydrogen) atoms. The molecule has 0 aliphatic heterocycles. The fraction of sp³-hybridized carbons (Fsp3) is 0.176. The first-order valence-corrected chi connectivity index (χ1v) is 7.04. The molecule has 2 rings (SSSR count). The van der Waals surface area contributed by atoms with Gasteiger partial charge in [-0.15, -0.1) is 0 Å². The molecule has 0 aromatic heterocycles. The summed E-state index contributed by atoms with van der Waals surface area (Å²) >= 11 is 0. The Hall–Kier alpha value is -3.02. The number of hydrogen-bond donors (Lipinski definition) is 2. The summed E-state index contributed by atoms with van der Waals surface area (Å²) in [7, 11) is 0. The minimum atomic E-state index is -1.21. The third kappa shape index (κ3) is 3.60. The van der Waals surface area contributed by atoms with Gasteiger partial charge >= 0.3 is 12.2 Å². The lowest BCUT2D eigenvalue weighted by Crippen LogP contribution is -2.44. The van der Waals surface area contributed by atoms with E-state index in [9.17, 15) is 19.8 Å². The van der Waals surface area contributed by atoms with Gasteiger partial charge in [-0.1, -0.05) is 36.4 Å². The summed E-state index contributed by atoms with van der Waals surface area (Å²) in [6, 6.07) is 13.9. The lowest BCUT2D eigenvalue weighted by atomic mass is 10.2. The summed E-state index contributed by atoms with van der Waals surface area (Å²) in [6.45, 7) is 3.26. The van der Waals surface area contributed by atoms with Crippen molar-refractivity contribution in [2.24, 2.45) is 0 Å². The van der Waals surface area contributed by atoms with Gasteiger partial charge in [0.2, 0.25) is 0 Å².